The number of carbonyl (C=O) groups is 2. The second-order valence-corrected chi connectivity index (χ2v) is 7.51. The molecule has 5 nitrogen and oxygen atoms in total. The van der Waals surface area contributed by atoms with Crippen molar-refractivity contribution in [3.8, 4) is 0 Å². The van der Waals surface area contributed by atoms with Crippen LogP contribution in [0.25, 0.3) is 0 Å². The molecule has 132 valence electrons. The highest BCUT2D eigenvalue weighted by Gasteiger charge is 2.48. The fraction of sp³-hybridized carbons (Fsp3) is 0.579. The summed E-state index contributed by atoms with van der Waals surface area (Å²) >= 11 is 0. The van der Waals surface area contributed by atoms with E-state index in [0.717, 1.165) is 24.8 Å². The molecule has 2 rings (SSSR count). The first-order valence-corrected chi connectivity index (χ1v) is 8.52. The number of carboxylic acids is 1. The molecule has 0 aliphatic heterocycles. The van der Waals surface area contributed by atoms with Gasteiger partial charge in [0, 0.05) is 0 Å². The summed E-state index contributed by atoms with van der Waals surface area (Å²) in [5, 5.41) is 12.8. The number of ether oxygens (including phenoxy) is 1. The van der Waals surface area contributed by atoms with Gasteiger partial charge < -0.3 is 15.2 Å². The summed E-state index contributed by atoms with van der Waals surface area (Å²) in [6, 6.07) is 8.71. The minimum absolute atomic E-state index is 0.553. The molecule has 1 aliphatic carbocycles. The van der Waals surface area contributed by atoms with Gasteiger partial charge >= 0.3 is 12.1 Å². The second kappa shape index (κ2) is 7.24. The zero-order chi connectivity index (χ0) is 17.8. The van der Waals surface area contributed by atoms with Gasteiger partial charge in [-0.2, -0.15) is 0 Å². The Morgan fingerprint density at radius 2 is 1.71 bits per heavy atom. The van der Waals surface area contributed by atoms with Crippen LogP contribution in [-0.4, -0.2) is 22.8 Å². The van der Waals surface area contributed by atoms with E-state index < -0.39 is 29.1 Å². The van der Waals surface area contributed by atoms with Crippen molar-refractivity contribution in [1.82, 2.24) is 5.32 Å². The lowest BCUT2D eigenvalue weighted by Gasteiger charge is -2.40. The molecule has 0 radical (unpaired) electrons. The second-order valence-electron chi connectivity index (χ2n) is 7.51. The number of amides is 1. The molecule has 5 heteroatoms. The Bertz CT molecular complexity index is 571. The minimum Gasteiger partial charge on any atom is -0.481 e. The topological polar surface area (TPSA) is 75.6 Å². The van der Waals surface area contributed by atoms with Crippen LogP contribution in [0, 0.1) is 5.41 Å². The SMILES string of the molecule is CC(C)(C)OC(=O)NC(c1ccccc1)C1(C(=O)O)CCCCC1. The molecule has 1 unspecified atom stereocenters. The van der Waals surface area contributed by atoms with Crippen LogP contribution in [-0.2, 0) is 9.53 Å². The van der Waals surface area contributed by atoms with Gasteiger partial charge in [0.1, 0.15) is 5.60 Å². The maximum atomic E-state index is 12.3. The number of benzene rings is 1. The minimum atomic E-state index is -0.990. The smallest absolute Gasteiger partial charge is 0.408 e. The quantitative estimate of drug-likeness (QED) is 0.862. The van der Waals surface area contributed by atoms with Gasteiger partial charge in [0.05, 0.1) is 11.5 Å². The molecule has 1 saturated carbocycles. The normalized spacial score (nSPS) is 18.5. The molecule has 0 aromatic heterocycles. The van der Waals surface area contributed by atoms with Gasteiger partial charge in [-0.15, -0.1) is 0 Å². The van der Waals surface area contributed by atoms with Gasteiger partial charge in [-0.1, -0.05) is 49.6 Å². The van der Waals surface area contributed by atoms with E-state index in [1.165, 1.54) is 0 Å². The fourth-order valence-electron chi connectivity index (χ4n) is 3.42. The van der Waals surface area contributed by atoms with Crippen LogP contribution in [0.3, 0.4) is 0 Å². The van der Waals surface area contributed by atoms with Gasteiger partial charge in [0.15, 0.2) is 0 Å². The van der Waals surface area contributed by atoms with Gasteiger partial charge in [0.25, 0.3) is 0 Å². The third-order valence-electron chi connectivity index (χ3n) is 4.52. The number of aliphatic carboxylic acids is 1. The van der Waals surface area contributed by atoms with Crippen LogP contribution in [0.4, 0.5) is 4.79 Å². The number of nitrogens with one attached hydrogen (secondary N) is 1. The first-order valence-electron chi connectivity index (χ1n) is 8.52. The zero-order valence-electron chi connectivity index (χ0n) is 14.7. The zero-order valence-corrected chi connectivity index (χ0v) is 14.7. The van der Waals surface area contributed by atoms with E-state index in [-0.39, 0.29) is 0 Å². The monoisotopic (exact) mass is 333 g/mol. The van der Waals surface area contributed by atoms with Gasteiger partial charge in [-0.25, -0.2) is 4.79 Å². The van der Waals surface area contributed by atoms with E-state index >= 15 is 0 Å². The van der Waals surface area contributed by atoms with Crippen LogP contribution in [0.1, 0.15) is 64.5 Å². The van der Waals surface area contributed by atoms with Crippen LogP contribution >= 0.6 is 0 Å². The van der Waals surface area contributed by atoms with Crippen molar-refractivity contribution in [3.05, 3.63) is 35.9 Å². The summed E-state index contributed by atoms with van der Waals surface area (Å²) in [4.78, 5) is 24.5. The molecule has 0 spiro atoms. The molecule has 1 fully saturated rings. The predicted octanol–water partition coefficient (Wildman–Crippen LogP) is 4.29. The van der Waals surface area contributed by atoms with E-state index in [9.17, 15) is 14.7 Å². The number of alkyl carbamates (subject to hydrolysis) is 1. The average Bonchev–Trinajstić information content (AvgIpc) is 2.52. The molecule has 2 N–H and O–H groups in total. The number of carboxylic acid groups (broad SMARTS) is 1. The lowest BCUT2D eigenvalue weighted by molar-refractivity contribution is -0.153. The largest absolute Gasteiger partial charge is 0.481 e. The van der Waals surface area contributed by atoms with Gasteiger partial charge in [-0.05, 0) is 39.2 Å². The fourth-order valence-corrected chi connectivity index (χ4v) is 3.42. The van der Waals surface area contributed by atoms with E-state index in [1.54, 1.807) is 20.8 Å². The lowest BCUT2D eigenvalue weighted by atomic mass is 9.67. The molecule has 0 bridgehead atoms. The highest BCUT2D eigenvalue weighted by Crippen LogP contribution is 2.46. The van der Waals surface area contributed by atoms with Crippen LogP contribution in [0.2, 0.25) is 0 Å². The first kappa shape index (κ1) is 18.3. The van der Waals surface area contributed by atoms with Crippen LogP contribution in [0.5, 0.6) is 0 Å². The number of rotatable bonds is 4. The van der Waals surface area contributed by atoms with Crippen molar-refractivity contribution in [2.45, 2.75) is 64.5 Å². The van der Waals surface area contributed by atoms with Crippen molar-refractivity contribution in [3.63, 3.8) is 0 Å². The molecular weight excluding hydrogens is 306 g/mol. The van der Waals surface area contributed by atoms with Crippen molar-refractivity contribution in [2.24, 2.45) is 5.41 Å². The lowest BCUT2D eigenvalue weighted by Crippen LogP contribution is -2.48. The maximum absolute atomic E-state index is 12.3. The molecular formula is C19H27NO4. The average molecular weight is 333 g/mol. The predicted molar refractivity (Wildman–Crippen MR) is 91.7 cm³/mol. The molecule has 1 amide bonds. The van der Waals surface area contributed by atoms with Crippen molar-refractivity contribution >= 4 is 12.1 Å². The van der Waals surface area contributed by atoms with Crippen molar-refractivity contribution in [1.29, 1.82) is 0 Å². The number of hydrogen-bond acceptors (Lipinski definition) is 3. The third kappa shape index (κ3) is 4.28. The van der Waals surface area contributed by atoms with E-state index in [4.69, 9.17) is 4.74 Å². The third-order valence-corrected chi connectivity index (χ3v) is 4.52. The Morgan fingerprint density at radius 3 is 2.21 bits per heavy atom. The molecule has 0 heterocycles. The van der Waals surface area contributed by atoms with Crippen molar-refractivity contribution in [2.75, 3.05) is 0 Å². The Hall–Kier alpha value is -2.04. The van der Waals surface area contributed by atoms with Gasteiger partial charge in [-0.3, -0.25) is 4.79 Å². The summed E-state index contributed by atoms with van der Waals surface area (Å²) < 4.78 is 5.36. The van der Waals surface area contributed by atoms with Gasteiger partial charge in [0.2, 0.25) is 0 Å². The standard InChI is InChI=1S/C19H27NO4/c1-18(2,3)24-17(23)20-15(14-10-6-4-7-11-14)19(16(21)22)12-8-5-9-13-19/h4,6-7,10-11,15H,5,8-9,12-13H2,1-3H3,(H,20,23)(H,21,22). The summed E-state index contributed by atoms with van der Waals surface area (Å²) in [6.45, 7) is 5.37. The van der Waals surface area contributed by atoms with Crippen LogP contribution < -0.4 is 5.32 Å². The Balaban J connectivity index is 2.35. The Labute approximate surface area is 143 Å². The number of carbonyl (C=O) groups excluding carboxylic acids is 1. The highest BCUT2D eigenvalue weighted by atomic mass is 16.6. The molecule has 1 atom stereocenters. The highest BCUT2D eigenvalue weighted by molar-refractivity contribution is 5.78. The molecule has 1 aromatic rings. The molecule has 24 heavy (non-hydrogen) atoms. The summed E-state index contributed by atoms with van der Waals surface area (Å²) in [7, 11) is 0. The van der Waals surface area contributed by atoms with E-state index in [0.29, 0.717) is 12.8 Å². The van der Waals surface area contributed by atoms with E-state index in [1.807, 2.05) is 30.3 Å². The Kier molecular flexibility index (Phi) is 5.52. The Morgan fingerprint density at radius 1 is 1.12 bits per heavy atom. The summed E-state index contributed by atoms with van der Waals surface area (Å²) in [5.41, 5.74) is -0.821. The van der Waals surface area contributed by atoms with E-state index in [2.05, 4.69) is 5.32 Å². The maximum Gasteiger partial charge on any atom is 0.408 e. The molecule has 1 aliphatic rings. The number of hydrogen-bond donors (Lipinski definition) is 2. The summed E-state index contributed by atoms with van der Waals surface area (Å²) in [5.74, 6) is -0.855. The van der Waals surface area contributed by atoms with Crippen molar-refractivity contribution < 1.29 is 19.4 Å². The summed E-state index contributed by atoms with van der Waals surface area (Å²) in [6.07, 6.45) is 3.26. The first-order chi connectivity index (χ1) is 11.2. The molecule has 0 saturated heterocycles. The molecule has 1 aromatic carbocycles. The van der Waals surface area contributed by atoms with Crippen LogP contribution in [0.15, 0.2) is 30.3 Å².